The summed E-state index contributed by atoms with van der Waals surface area (Å²) < 4.78 is 19.7. The Hall–Kier alpha value is -2.40. The van der Waals surface area contributed by atoms with E-state index in [-0.39, 0.29) is 11.9 Å². The number of carboxylic acids is 1. The lowest BCUT2D eigenvalue weighted by Crippen LogP contribution is -2.13. The molecule has 2 aromatic rings. The van der Waals surface area contributed by atoms with Crippen LogP contribution in [0.5, 0.6) is 5.75 Å². The van der Waals surface area contributed by atoms with Crippen molar-refractivity contribution in [3.8, 4) is 5.75 Å². The highest BCUT2D eigenvalue weighted by Gasteiger charge is 2.28. The third-order valence-corrected chi connectivity index (χ3v) is 5.18. The first-order chi connectivity index (χ1) is 13.0. The molecule has 0 amide bonds. The van der Waals surface area contributed by atoms with Gasteiger partial charge in [-0.05, 0) is 53.1 Å². The maximum atomic E-state index is 14.0. The number of aryl methyl sites for hydroxylation is 1. The standard InChI is InChI=1S/C20H22FNO.C2H4O2/c1-2-13-3-6-16(9-18(13)21)19-10-17(12-22-19)15-5-4-14-7-8-23-20(14)11-15;1-2(3)4/h3-6,9,11,17,19,22H,2,7-8,10,12H2,1H3;1H3,(H,3,4). The molecule has 0 spiro atoms. The Morgan fingerprint density at radius 3 is 2.70 bits per heavy atom. The lowest BCUT2D eigenvalue weighted by molar-refractivity contribution is -0.134. The van der Waals surface area contributed by atoms with E-state index in [1.54, 1.807) is 6.07 Å². The van der Waals surface area contributed by atoms with Crippen LogP contribution in [0.25, 0.3) is 0 Å². The fourth-order valence-electron chi connectivity index (χ4n) is 3.75. The molecule has 0 aromatic heterocycles. The van der Waals surface area contributed by atoms with Gasteiger partial charge in [-0.3, -0.25) is 4.79 Å². The number of rotatable bonds is 3. The summed E-state index contributed by atoms with van der Waals surface area (Å²) in [5.74, 6) is 0.592. The first kappa shape index (κ1) is 19.4. The summed E-state index contributed by atoms with van der Waals surface area (Å²) in [5, 5.41) is 11.0. The van der Waals surface area contributed by atoms with Gasteiger partial charge in [0.05, 0.1) is 6.61 Å². The van der Waals surface area contributed by atoms with Crippen LogP contribution in [-0.4, -0.2) is 24.2 Å². The van der Waals surface area contributed by atoms with Crippen LogP contribution in [0.4, 0.5) is 4.39 Å². The third-order valence-electron chi connectivity index (χ3n) is 5.18. The predicted octanol–water partition coefficient (Wildman–Crippen LogP) is 4.23. The summed E-state index contributed by atoms with van der Waals surface area (Å²) in [7, 11) is 0. The van der Waals surface area contributed by atoms with E-state index in [0.717, 1.165) is 56.2 Å². The average molecular weight is 371 g/mol. The zero-order valence-electron chi connectivity index (χ0n) is 15.8. The lowest BCUT2D eigenvalue weighted by Gasteiger charge is -2.13. The van der Waals surface area contributed by atoms with Crippen LogP contribution in [0.2, 0.25) is 0 Å². The minimum Gasteiger partial charge on any atom is -0.493 e. The lowest BCUT2D eigenvalue weighted by atomic mass is 9.92. The zero-order valence-corrected chi connectivity index (χ0v) is 15.8. The summed E-state index contributed by atoms with van der Waals surface area (Å²) in [6.07, 6.45) is 2.76. The molecule has 1 fully saturated rings. The summed E-state index contributed by atoms with van der Waals surface area (Å²) in [6, 6.07) is 12.5. The second-order valence-corrected chi connectivity index (χ2v) is 7.08. The Balaban J connectivity index is 0.000000481. The van der Waals surface area contributed by atoms with Crippen molar-refractivity contribution in [2.24, 2.45) is 0 Å². The molecule has 2 aliphatic rings. The molecule has 2 aromatic carbocycles. The van der Waals surface area contributed by atoms with E-state index in [4.69, 9.17) is 14.6 Å². The van der Waals surface area contributed by atoms with Crippen molar-refractivity contribution in [1.82, 2.24) is 5.32 Å². The molecule has 4 rings (SSSR count). The number of nitrogens with one attached hydrogen (secondary N) is 1. The van der Waals surface area contributed by atoms with Gasteiger partial charge in [-0.2, -0.15) is 0 Å². The van der Waals surface area contributed by atoms with Crippen molar-refractivity contribution in [1.29, 1.82) is 0 Å². The SMILES string of the molecule is CC(=O)O.CCc1ccc(C2CC(c3ccc4c(c3)OCC4)CN2)cc1F. The molecular formula is C22H26FNO3. The monoisotopic (exact) mass is 371 g/mol. The normalized spacial score (nSPS) is 20.4. The maximum Gasteiger partial charge on any atom is 0.300 e. The van der Waals surface area contributed by atoms with Crippen LogP contribution < -0.4 is 10.1 Å². The molecule has 2 unspecified atom stereocenters. The van der Waals surface area contributed by atoms with Crippen LogP contribution in [0.1, 0.15) is 54.5 Å². The van der Waals surface area contributed by atoms with Gasteiger partial charge in [-0.15, -0.1) is 0 Å². The Kier molecular flexibility index (Phi) is 6.11. The number of hydrogen-bond acceptors (Lipinski definition) is 3. The average Bonchev–Trinajstić information content (AvgIpc) is 3.30. The first-order valence-corrected chi connectivity index (χ1v) is 9.44. The molecule has 5 heteroatoms. The third kappa shape index (κ3) is 4.66. The summed E-state index contributed by atoms with van der Waals surface area (Å²) in [5.41, 5.74) is 4.48. The van der Waals surface area contributed by atoms with Crippen LogP contribution in [0.3, 0.4) is 0 Å². The summed E-state index contributed by atoms with van der Waals surface area (Å²) >= 11 is 0. The molecular weight excluding hydrogens is 345 g/mol. The molecule has 0 radical (unpaired) electrons. The largest absolute Gasteiger partial charge is 0.493 e. The molecule has 2 heterocycles. The number of aliphatic carboxylic acids is 1. The van der Waals surface area contributed by atoms with Crippen molar-refractivity contribution in [3.63, 3.8) is 0 Å². The van der Waals surface area contributed by atoms with Crippen molar-refractivity contribution >= 4 is 5.97 Å². The number of benzene rings is 2. The molecule has 4 nitrogen and oxygen atoms in total. The molecule has 0 bridgehead atoms. The number of carboxylic acid groups (broad SMARTS) is 1. The minimum atomic E-state index is -0.833. The Bertz CT molecular complexity index is 817. The van der Waals surface area contributed by atoms with E-state index < -0.39 is 5.97 Å². The van der Waals surface area contributed by atoms with E-state index >= 15 is 0 Å². The first-order valence-electron chi connectivity index (χ1n) is 9.44. The van der Waals surface area contributed by atoms with Gasteiger partial charge in [0.2, 0.25) is 0 Å². The summed E-state index contributed by atoms with van der Waals surface area (Å²) in [6.45, 7) is 4.80. The van der Waals surface area contributed by atoms with E-state index in [9.17, 15) is 4.39 Å². The zero-order chi connectivity index (χ0) is 19.4. The van der Waals surface area contributed by atoms with E-state index in [1.807, 2.05) is 13.0 Å². The van der Waals surface area contributed by atoms with Gasteiger partial charge in [0.25, 0.3) is 5.97 Å². The van der Waals surface area contributed by atoms with Gasteiger partial charge in [0.1, 0.15) is 11.6 Å². The molecule has 144 valence electrons. The van der Waals surface area contributed by atoms with Gasteiger partial charge in [0.15, 0.2) is 0 Å². The predicted molar refractivity (Wildman–Crippen MR) is 103 cm³/mol. The smallest absolute Gasteiger partial charge is 0.300 e. The number of ether oxygens (including phenoxy) is 1. The van der Waals surface area contributed by atoms with Crippen molar-refractivity contribution in [2.75, 3.05) is 13.2 Å². The summed E-state index contributed by atoms with van der Waals surface area (Å²) in [4.78, 5) is 9.00. The molecule has 2 N–H and O–H groups in total. The molecule has 0 saturated carbocycles. The molecule has 1 saturated heterocycles. The second-order valence-electron chi connectivity index (χ2n) is 7.08. The van der Waals surface area contributed by atoms with Crippen LogP contribution in [0, 0.1) is 5.82 Å². The van der Waals surface area contributed by atoms with Crippen molar-refractivity contribution < 1.29 is 19.0 Å². The Morgan fingerprint density at radius 1 is 1.26 bits per heavy atom. The molecule has 2 aliphatic heterocycles. The van der Waals surface area contributed by atoms with E-state index in [2.05, 4.69) is 29.6 Å². The van der Waals surface area contributed by atoms with Crippen LogP contribution >= 0.6 is 0 Å². The number of halogens is 1. The Morgan fingerprint density at radius 2 is 2.00 bits per heavy atom. The van der Waals surface area contributed by atoms with Gasteiger partial charge in [-0.25, -0.2) is 4.39 Å². The van der Waals surface area contributed by atoms with Gasteiger partial charge in [0, 0.05) is 25.9 Å². The van der Waals surface area contributed by atoms with Gasteiger partial charge >= 0.3 is 0 Å². The molecule has 27 heavy (non-hydrogen) atoms. The van der Waals surface area contributed by atoms with Crippen LogP contribution in [-0.2, 0) is 17.6 Å². The quantitative estimate of drug-likeness (QED) is 0.848. The fraction of sp³-hybridized carbons (Fsp3) is 0.409. The van der Waals surface area contributed by atoms with E-state index in [0.29, 0.717) is 5.92 Å². The molecule has 0 aliphatic carbocycles. The highest BCUT2D eigenvalue weighted by atomic mass is 19.1. The van der Waals surface area contributed by atoms with Crippen molar-refractivity contribution in [3.05, 3.63) is 64.5 Å². The van der Waals surface area contributed by atoms with E-state index in [1.165, 1.54) is 11.1 Å². The number of fused-ring (bicyclic) bond motifs is 1. The highest BCUT2D eigenvalue weighted by Crippen LogP contribution is 2.37. The topological polar surface area (TPSA) is 58.6 Å². The van der Waals surface area contributed by atoms with Crippen molar-refractivity contribution in [2.45, 2.75) is 45.1 Å². The second kappa shape index (κ2) is 8.53. The minimum absolute atomic E-state index is 0.0822. The fourth-order valence-corrected chi connectivity index (χ4v) is 3.75. The Labute approximate surface area is 159 Å². The number of carbonyl (C=O) groups is 1. The maximum absolute atomic E-state index is 14.0. The molecule has 2 atom stereocenters. The van der Waals surface area contributed by atoms with Gasteiger partial charge < -0.3 is 15.2 Å². The number of hydrogen-bond donors (Lipinski definition) is 2. The highest BCUT2D eigenvalue weighted by molar-refractivity contribution is 5.62. The van der Waals surface area contributed by atoms with Crippen LogP contribution in [0.15, 0.2) is 36.4 Å². The van der Waals surface area contributed by atoms with Gasteiger partial charge in [-0.1, -0.05) is 31.2 Å².